The predicted octanol–water partition coefficient (Wildman–Crippen LogP) is -2.28. The van der Waals surface area contributed by atoms with Gasteiger partial charge in [0.2, 0.25) is 0 Å². The Balaban J connectivity index is 2.49. The van der Waals surface area contributed by atoms with Gasteiger partial charge in [-0.05, 0) is 0 Å². The second kappa shape index (κ2) is 2.96. The first-order chi connectivity index (χ1) is 5.09. The lowest BCUT2D eigenvalue weighted by Gasteiger charge is -2.32. The summed E-state index contributed by atoms with van der Waals surface area (Å²) in [6, 6.07) is 0. The number of nitro groups is 1. The standard InChI is InChI=1S/C3H10N6O2/c4-6-1-7(5)3-8(2-6)9(10)11/h1-5H2. The molecule has 0 aromatic heterocycles. The SMILES string of the molecule is NN1CN(N)CN([N+](=O)[O-])C1. The van der Waals surface area contributed by atoms with Gasteiger partial charge in [-0.25, -0.2) is 20.1 Å². The first kappa shape index (κ1) is 8.14. The first-order valence-corrected chi connectivity index (χ1v) is 2.98. The van der Waals surface area contributed by atoms with Crippen molar-refractivity contribution in [2.75, 3.05) is 20.0 Å². The summed E-state index contributed by atoms with van der Waals surface area (Å²) in [4.78, 5) is 10.2. The summed E-state index contributed by atoms with van der Waals surface area (Å²) in [5.41, 5.74) is 0. The summed E-state index contributed by atoms with van der Waals surface area (Å²) in [6.45, 7) is 0.533. The zero-order valence-electron chi connectivity index (χ0n) is 5.88. The van der Waals surface area contributed by atoms with Gasteiger partial charge in [-0.15, -0.1) is 0 Å². The number of rotatable bonds is 1. The van der Waals surface area contributed by atoms with Gasteiger partial charge in [0.1, 0.15) is 13.3 Å². The molecule has 1 saturated heterocycles. The zero-order chi connectivity index (χ0) is 8.43. The van der Waals surface area contributed by atoms with Crippen molar-refractivity contribution < 1.29 is 5.03 Å². The van der Waals surface area contributed by atoms with E-state index in [-0.39, 0.29) is 13.3 Å². The third kappa shape index (κ3) is 1.98. The van der Waals surface area contributed by atoms with Crippen LogP contribution in [0.2, 0.25) is 0 Å². The molecule has 0 saturated carbocycles. The molecular weight excluding hydrogens is 152 g/mol. The average molecular weight is 162 g/mol. The molecule has 0 amide bonds. The first-order valence-electron chi connectivity index (χ1n) is 2.98. The van der Waals surface area contributed by atoms with Crippen LogP contribution in [0.5, 0.6) is 0 Å². The molecule has 0 spiro atoms. The molecule has 0 unspecified atom stereocenters. The molecule has 64 valence electrons. The Morgan fingerprint density at radius 2 is 1.64 bits per heavy atom. The highest BCUT2D eigenvalue weighted by Gasteiger charge is 2.25. The van der Waals surface area contributed by atoms with Crippen LogP contribution in [0.4, 0.5) is 0 Å². The van der Waals surface area contributed by atoms with Crippen LogP contribution < -0.4 is 11.7 Å². The summed E-state index contributed by atoms with van der Waals surface area (Å²) in [6.07, 6.45) is 0. The van der Waals surface area contributed by atoms with Gasteiger partial charge in [0.05, 0.1) is 6.67 Å². The summed E-state index contributed by atoms with van der Waals surface area (Å²) < 4.78 is 0. The van der Waals surface area contributed by atoms with E-state index >= 15 is 0 Å². The van der Waals surface area contributed by atoms with Crippen molar-refractivity contribution >= 4 is 0 Å². The normalized spacial score (nSPS) is 22.2. The Hall–Kier alpha value is -0.960. The van der Waals surface area contributed by atoms with Gasteiger partial charge in [0.15, 0.2) is 5.03 Å². The Morgan fingerprint density at radius 1 is 1.18 bits per heavy atom. The highest BCUT2D eigenvalue weighted by atomic mass is 16.7. The quantitative estimate of drug-likeness (QED) is 0.254. The molecule has 1 fully saturated rings. The minimum absolute atomic E-state index is 0.0979. The Morgan fingerprint density at radius 3 is 2.00 bits per heavy atom. The van der Waals surface area contributed by atoms with Gasteiger partial charge < -0.3 is 0 Å². The highest BCUT2D eigenvalue weighted by molar-refractivity contribution is 4.52. The number of hydrazine groups is 3. The predicted molar refractivity (Wildman–Crippen MR) is 35.5 cm³/mol. The molecule has 0 bridgehead atoms. The van der Waals surface area contributed by atoms with E-state index in [1.807, 2.05) is 0 Å². The molecule has 0 aliphatic carbocycles. The third-order valence-electron chi connectivity index (χ3n) is 1.28. The molecule has 0 aromatic carbocycles. The molecule has 0 aromatic rings. The molecule has 4 N–H and O–H groups in total. The smallest absolute Gasteiger partial charge is 0.162 e. The van der Waals surface area contributed by atoms with E-state index in [2.05, 4.69) is 0 Å². The molecule has 1 heterocycles. The minimum Gasteiger partial charge on any atom is -0.266 e. The number of nitrogens with zero attached hydrogens (tertiary/aromatic N) is 4. The maximum absolute atomic E-state index is 10.2. The lowest BCUT2D eigenvalue weighted by atomic mass is 10.7. The number of hydrogen-bond donors (Lipinski definition) is 2. The van der Waals surface area contributed by atoms with Gasteiger partial charge in [-0.1, -0.05) is 5.01 Å². The van der Waals surface area contributed by atoms with Crippen molar-refractivity contribution in [3.8, 4) is 0 Å². The Labute approximate surface area is 63.0 Å². The largest absolute Gasteiger partial charge is 0.266 e. The van der Waals surface area contributed by atoms with Crippen LogP contribution in [0.25, 0.3) is 0 Å². The van der Waals surface area contributed by atoms with Crippen molar-refractivity contribution in [3.63, 3.8) is 0 Å². The van der Waals surface area contributed by atoms with Gasteiger partial charge in [-0.3, -0.25) is 11.7 Å². The van der Waals surface area contributed by atoms with Crippen LogP contribution in [-0.2, 0) is 0 Å². The Bertz CT molecular complexity index is 152. The van der Waals surface area contributed by atoms with Crippen LogP contribution in [0.1, 0.15) is 0 Å². The average Bonchev–Trinajstić information content (AvgIpc) is 1.85. The van der Waals surface area contributed by atoms with Gasteiger partial charge in [0, 0.05) is 0 Å². The van der Waals surface area contributed by atoms with E-state index in [0.29, 0.717) is 6.67 Å². The lowest BCUT2D eigenvalue weighted by Crippen LogP contribution is -2.60. The molecule has 0 atom stereocenters. The molecule has 8 nitrogen and oxygen atoms in total. The van der Waals surface area contributed by atoms with Gasteiger partial charge in [-0.2, -0.15) is 0 Å². The van der Waals surface area contributed by atoms with E-state index < -0.39 is 5.03 Å². The third-order valence-corrected chi connectivity index (χ3v) is 1.28. The molecule has 1 aliphatic heterocycles. The molecular formula is C3H10N6O2. The zero-order valence-corrected chi connectivity index (χ0v) is 5.88. The van der Waals surface area contributed by atoms with Crippen LogP contribution in [0.3, 0.4) is 0 Å². The fourth-order valence-corrected chi connectivity index (χ4v) is 0.890. The fraction of sp³-hybridized carbons (Fsp3) is 1.00. The second-order valence-electron chi connectivity index (χ2n) is 2.35. The van der Waals surface area contributed by atoms with Crippen LogP contribution in [0, 0.1) is 10.1 Å². The molecule has 0 radical (unpaired) electrons. The molecule has 11 heavy (non-hydrogen) atoms. The Kier molecular flexibility index (Phi) is 2.19. The summed E-state index contributed by atoms with van der Waals surface area (Å²) in [7, 11) is 0. The monoisotopic (exact) mass is 162 g/mol. The number of hydrogen-bond acceptors (Lipinski definition) is 6. The fourth-order valence-electron chi connectivity index (χ4n) is 0.890. The van der Waals surface area contributed by atoms with E-state index in [0.717, 1.165) is 5.01 Å². The van der Waals surface area contributed by atoms with Crippen LogP contribution >= 0.6 is 0 Å². The van der Waals surface area contributed by atoms with Crippen molar-refractivity contribution in [3.05, 3.63) is 10.1 Å². The van der Waals surface area contributed by atoms with Crippen molar-refractivity contribution in [1.29, 1.82) is 0 Å². The maximum Gasteiger partial charge on any atom is 0.162 e. The number of nitrogens with two attached hydrogens (primary N) is 2. The molecule has 1 aliphatic rings. The second-order valence-corrected chi connectivity index (χ2v) is 2.35. The van der Waals surface area contributed by atoms with E-state index in [1.165, 1.54) is 10.0 Å². The topological polar surface area (TPSA) is 105 Å². The maximum atomic E-state index is 10.2. The summed E-state index contributed by atoms with van der Waals surface area (Å²) in [5, 5.41) is 13.1. The van der Waals surface area contributed by atoms with Crippen molar-refractivity contribution in [2.24, 2.45) is 11.7 Å². The minimum atomic E-state index is -0.529. The van der Waals surface area contributed by atoms with Crippen LogP contribution in [0.15, 0.2) is 0 Å². The molecule has 1 rings (SSSR count). The summed E-state index contributed by atoms with van der Waals surface area (Å²) >= 11 is 0. The van der Waals surface area contributed by atoms with E-state index in [9.17, 15) is 10.1 Å². The van der Waals surface area contributed by atoms with E-state index in [1.54, 1.807) is 0 Å². The lowest BCUT2D eigenvalue weighted by molar-refractivity contribution is -0.669. The highest BCUT2D eigenvalue weighted by Crippen LogP contribution is 1.98. The van der Waals surface area contributed by atoms with Gasteiger partial charge in [0.25, 0.3) is 0 Å². The van der Waals surface area contributed by atoms with Crippen molar-refractivity contribution in [2.45, 2.75) is 0 Å². The van der Waals surface area contributed by atoms with Crippen LogP contribution in [-0.4, -0.2) is 40.1 Å². The van der Waals surface area contributed by atoms with Gasteiger partial charge >= 0.3 is 0 Å². The van der Waals surface area contributed by atoms with E-state index in [4.69, 9.17) is 11.7 Å². The van der Waals surface area contributed by atoms with Crippen molar-refractivity contribution in [1.82, 2.24) is 15.0 Å². The molecule has 8 heteroatoms. The summed E-state index contributed by atoms with van der Waals surface area (Å²) in [5.74, 6) is 10.6.